The van der Waals surface area contributed by atoms with Gasteiger partial charge in [0, 0.05) is 60.2 Å². The molecule has 0 aliphatic carbocycles. The average Bonchev–Trinajstić information content (AvgIpc) is 2.94. The molecule has 0 saturated carbocycles. The fraction of sp³-hybridized carbons (Fsp3) is 0.556. The van der Waals surface area contributed by atoms with Crippen molar-refractivity contribution in [1.82, 2.24) is 0 Å². The lowest BCUT2D eigenvalue weighted by atomic mass is 9.78. The monoisotopic (exact) mass is 552 g/mol. The van der Waals surface area contributed by atoms with Gasteiger partial charge in [0.25, 0.3) is 0 Å². The van der Waals surface area contributed by atoms with Crippen molar-refractivity contribution in [3.8, 4) is 11.5 Å². The Balaban J connectivity index is 1.88. The molecule has 0 amide bonds. The van der Waals surface area contributed by atoms with Crippen LogP contribution >= 0.6 is 0 Å². The topological polar surface area (TPSA) is 73.8 Å². The second kappa shape index (κ2) is 15.0. The molecule has 0 aliphatic heterocycles. The molecular weight excluding hydrogens is 508 g/mol. The molecule has 2 aromatic carbocycles. The van der Waals surface area contributed by atoms with E-state index in [1.807, 2.05) is 24.3 Å². The minimum Gasteiger partial charge on any atom is -0.494 e. The van der Waals surface area contributed by atoms with Crippen LogP contribution in [0.5, 0.6) is 11.5 Å². The Morgan fingerprint density at radius 2 is 0.811 bits per heavy atom. The van der Waals surface area contributed by atoms with Crippen LogP contribution < -0.4 is 9.47 Å². The second-order valence-electron chi connectivity index (χ2n) is 9.17. The van der Waals surface area contributed by atoms with E-state index in [9.17, 15) is 0 Å². The normalized spacial score (nSPS) is 12.5. The van der Waals surface area contributed by atoms with Crippen molar-refractivity contribution in [3.63, 3.8) is 0 Å². The van der Waals surface area contributed by atoms with Gasteiger partial charge in [-0.25, -0.2) is 0 Å². The van der Waals surface area contributed by atoms with E-state index in [1.54, 1.807) is 42.7 Å². The first kappa shape index (κ1) is 31.5. The highest BCUT2D eigenvalue weighted by atomic mass is 28.4. The van der Waals surface area contributed by atoms with Gasteiger partial charge in [-0.2, -0.15) is 0 Å². The molecule has 208 valence electrons. The van der Waals surface area contributed by atoms with Gasteiger partial charge in [0.05, 0.1) is 13.2 Å². The van der Waals surface area contributed by atoms with Gasteiger partial charge in [0.15, 0.2) is 0 Å². The molecule has 0 heterocycles. The van der Waals surface area contributed by atoms with Crippen molar-refractivity contribution in [2.75, 3.05) is 55.9 Å². The van der Waals surface area contributed by atoms with Gasteiger partial charge in [0.2, 0.25) is 0 Å². The summed E-state index contributed by atoms with van der Waals surface area (Å²) in [4.78, 5) is 0. The first-order valence-electron chi connectivity index (χ1n) is 12.5. The first-order valence-corrected chi connectivity index (χ1v) is 16.4. The molecule has 8 nitrogen and oxygen atoms in total. The van der Waals surface area contributed by atoms with E-state index in [-0.39, 0.29) is 5.41 Å². The van der Waals surface area contributed by atoms with Gasteiger partial charge < -0.3 is 36.0 Å². The van der Waals surface area contributed by atoms with Gasteiger partial charge in [0.1, 0.15) is 11.5 Å². The molecule has 2 aromatic rings. The Morgan fingerprint density at radius 3 is 1.08 bits per heavy atom. The minimum absolute atomic E-state index is 0.168. The highest BCUT2D eigenvalue weighted by Crippen LogP contribution is 2.33. The van der Waals surface area contributed by atoms with Gasteiger partial charge in [-0.05, 0) is 48.2 Å². The lowest BCUT2D eigenvalue weighted by Gasteiger charge is -2.27. The van der Waals surface area contributed by atoms with Crippen molar-refractivity contribution in [1.29, 1.82) is 0 Å². The summed E-state index contributed by atoms with van der Waals surface area (Å²) in [6.45, 7) is 5.57. The molecule has 0 radical (unpaired) electrons. The van der Waals surface area contributed by atoms with Crippen LogP contribution in [-0.2, 0) is 32.0 Å². The second-order valence-corrected chi connectivity index (χ2v) is 15.4. The summed E-state index contributed by atoms with van der Waals surface area (Å²) in [6, 6.07) is 18.0. The van der Waals surface area contributed by atoms with Crippen molar-refractivity contribution < 1.29 is 36.0 Å². The minimum atomic E-state index is -2.56. The van der Waals surface area contributed by atoms with E-state index in [4.69, 9.17) is 36.0 Å². The van der Waals surface area contributed by atoms with Crippen molar-refractivity contribution in [2.45, 2.75) is 44.2 Å². The van der Waals surface area contributed by atoms with E-state index in [1.165, 1.54) is 11.1 Å². The molecule has 0 aliphatic rings. The van der Waals surface area contributed by atoms with Crippen LogP contribution in [0.1, 0.15) is 37.8 Å². The number of rotatable bonds is 18. The van der Waals surface area contributed by atoms with Gasteiger partial charge in [-0.1, -0.05) is 38.1 Å². The van der Waals surface area contributed by atoms with Crippen LogP contribution in [0.4, 0.5) is 0 Å². The SMILES string of the molecule is CO[Si](CCCOc1ccc(C(C)(C)c2ccc(OCCC[Si](OC)(OC)OC)cc2)cc1)(OC)OC. The summed E-state index contributed by atoms with van der Waals surface area (Å²) in [7, 11) is 4.65. The fourth-order valence-electron chi connectivity index (χ4n) is 4.17. The van der Waals surface area contributed by atoms with E-state index < -0.39 is 17.6 Å². The predicted molar refractivity (Wildman–Crippen MR) is 148 cm³/mol. The molecule has 0 unspecified atom stereocenters. The molecule has 0 N–H and O–H groups in total. The molecule has 0 spiro atoms. The van der Waals surface area contributed by atoms with E-state index >= 15 is 0 Å². The Bertz CT molecular complexity index is 808. The first-order chi connectivity index (χ1) is 17.7. The Labute approximate surface area is 224 Å². The Morgan fingerprint density at radius 1 is 0.514 bits per heavy atom. The van der Waals surface area contributed by atoms with Gasteiger partial charge in [-0.3, -0.25) is 0 Å². The van der Waals surface area contributed by atoms with E-state index in [0.29, 0.717) is 25.3 Å². The van der Waals surface area contributed by atoms with Crippen LogP contribution in [-0.4, -0.2) is 73.5 Å². The van der Waals surface area contributed by atoms with Crippen molar-refractivity contribution in [3.05, 3.63) is 59.7 Å². The standard InChI is InChI=1S/C27H44O8Si2/c1-27(2,23-11-15-25(16-12-23)34-19-9-21-36(28-3,29-4)30-5)24-13-17-26(18-14-24)35-20-10-22-37(31-6,32-7)33-8/h11-18H,9-10,19-22H2,1-8H3. The lowest BCUT2D eigenvalue weighted by molar-refractivity contribution is 0.120. The largest absolute Gasteiger partial charge is 0.500 e. The maximum atomic E-state index is 5.93. The third kappa shape index (κ3) is 8.62. The summed E-state index contributed by atoms with van der Waals surface area (Å²) in [5.74, 6) is 1.68. The van der Waals surface area contributed by atoms with Crippen LogP contribution in [0.3, 0.4) is 0 Å². The third-order valence-corrected chi connectivity index (χ3v) is 12.5. The molecule has 2 rings (SSSR count). The number of benzene rings is 2. The van der Waals surface area contributed by atoms with Gasteiger partial charge in [-0.15, -0.1) is 0 Å². The van der Waals surface area contributed by atoms with Crippen molar-refractivity contribution in [2.24, 2.45) is 0 Å². The maximum Gasteiger partial charge on any atom is 0.500 e. The third-order valence-electron chi connectivity index (χ3n) is 6.81. The smallest absolute Gasteiger partial charge is 0.494 e. The molecule has 0 bridgehead atoms. The molecule has 37 heavy (non-hydrogen) atoms. The lowest BCUT2D eigenvalue weighted by Crippen LogP contribution is -2.42. The predicted octanol–water partition coefficient (Wildman–Crippen LogP) is 5.31. The van der Waals surface area contributed by atoms with E-state index in [0.717, 1.165) is 24.3 Å². The number of ether oxygens (including phenoxy) is 2. The Kier molecular flexibility index (Phi) is 12.7. The molecule has 10 heteroatoms. The molecule has 0 saturated heterocycles. The molecular formula is C27H44O8Si2. The van der Waals surface area contributed by atoms with Crippen LogP contribution in [0.25, 0.3) is 0 Å². The van der Waals surface area contributed by atoms with Gasteiger partial charge >= 0.3 is 17.6 Å². The summed E-state index contributed by atoms with van der Waals surface area (Å²) in [5.41, 5.74) is 2.24. The summed E-state index contributed by atoms with van der Waals surface area (Å²) in [5, 5.41) is 0. The van der Waals surface area contributed by atoms with Crippen LogP contribution in [0.15, 0.2) is 48.5 Å². The van der Waals surface area contributed by atoms with E-state index in [2.05, 4.69) is 38.1 Å². The zero-order chi connectivity index (χ0) is 27.4. The van der Waals surface area contributed by atoms with Crippen LogP contribution in [0.2, 0.25) is 12.1 Å². The zero-order valence-corrected chi connectivity index (χ0v) is 25.6. The quantitative estimate of drug-likeness (QED) is 0.182. The highest BCUT2D eigenvalue weighted by Gasteiger charge is 2.37. The average molecular weight is 553 g/mol. The van der Waals surface area contributed by atoms with Crippen molar-refractivity contribution >= 4 is 17.6 Å². The summed E-state index contributed by atoms with van der Waals surface area (Å²) < 4.78 is 44.6. The Hall–Kier alpha value is -1.77. The highest BCUT2D eigenvalue weighted by molar-refractivity contribution is 6.60. The molecule has 0 fully saturated rings. The summed E-state index contributed by atoms with van der Waals surface area (Å²) >= 11 is 0. The summed E-state index contributed by atoms with van der Waals surface area (Å²) in [6.07, 6.45) is 1.58. The molecule has 0 aromatic heterocycles. The maximum absolute atomic E-state index is 5.93. The zero-order valence-electron chi connectivity index (χ0n) is 23.6. The molecule has 0 atom stereocenters. The fourth-order valence-corrected chi connectivity index (χ4v) is 7.55. The van der Waals surface area contributed by atoms with Crippen LogP contribution in [0, 0.1) is 0 Å². The number of hydrogen-bond donors (Lipinski definition) is 0. The number of hydrogen-bond acceptors (Lipinski definition) is 8.